The van der Waals surface area contributed by atoms with Crippen LogP contribution in [0, 0.1) is 5.92 Å². The molecule has 6 heteroatoms. The summed E-state index contributed by atoms with van der Waals surface area (Å²) in [5.41, 5.74) is 0.521. The van der Waals surface area contributed by atoms with Gasteiger partial charge in [-0.1, -0.05) is 11.6 Å². The fourth-order valence-electron chi connectivity index (χ4n) is 2.22. The van der Waals surface area contributed by atoms with Crippen molar-refractivity contribution in [3.8, 4) is 5.75 Å². The number of benzene rings is 1. The maximum atomic E-state index is 12.0. The van der Waals surface area contributed by atoms with Gasteiger partial charge in [-0.05, 0) is 51.0 Å². The number of nitrogens with one attached hydrogen (secondary N) is 1. The van der Waals surface area contributed by atoms with E-state index in [1.165, 1.54) is 0 Å². The number of hydrogen-bond acceptors (Lipinski definition) is 4. The molecular weight excluding hydrogens is 306 g/mol. The summed E-state index contributed by atoms with van der Waals surface area (Å²) in [5, 5.41) is 3.33. The largest absolute Gasteiger partial charge is 0.492 e. The summed E-state index contributed by atoms with van der Waals surface area (Å²) in [6.45, 7) is 5.55. The molecule has 0 saturated heterocycles. The van der Waals surface area contributed by atoms with Crippen LogP contribution in [0.4, 0.5) is 0 Å². The zero-order chi connectivity index (χ0) is 16.3. The molecule has 2 rings (SSSR count). The molecule has 1 aliphatic heterocycles. The molecule has 0 spiro atoms. The molecular formula is C16H20ClNO4. The molecule has 0 radical (unpaired) electrons. The van der Waals surface area contributed by atoms with Crippen LogP contribution in [0.3, 0.4) is 0 Å². The van der Waals surface area contributed by atoms with Crippen LogP contribution in [0.25, 0.3) is 0 Å². The molecule has 1 N–H and O–H groups in total. The SMILES string of the molecule is CC(C)(C)NC(=O)COC(=O)[C@@H]1COc2ccc(Cl)cc2C1. The van der Waals surface area contributed by atoms with Gasteiger partial charge in [-0.25, -0.2) is 0 Å². The molecule has 120 valence electrons. The smallest absolute Gasteiger partial charge is 0.313 e. The number of ether oxygens (including phenoxy) is 2. The first kappa shape index (κ1) is 16.6. The molecule has 1 aromatic rings. The standard InChI is InChI=1S/C16H20ClNO4/c1-16(2,3)18-14(19)9-22-15(20)11-6-10-7-12(17)4-5-13(10)21-8-11/h4-5,7,11H,6,8-9H2,1-3H3,(H,18,19)/t11-/m0/s1. The van der Waals surface area contributed by atoms with Gasteiger partial charge in [-0.15, -0.1) is 0 Å². The summed E-state index contributed by atoms with van der Waals surface area (Å²) in [6, 6.07) is 5.31. The summed E-state index contributed by atoms with van der Waals surface area (Å²) < 4.78 is 10.6. The molecule has 0 saturated carbocycles. The Kier molecular flexibility index (Phi) is 4.96. The zero-order valence-electron chi connectivity index (χ0n) is 12.9. The van der Waals surface area contributed by atoms with Gasteiger partial charge in [0.25, 0.3) is 5.91 Å². The third-order valence-corrected chi connectivity index (χ3v) is 3.36. The third-order valence-electron chi connectivity index (χ3n) is 3.12. The van der Waals surface area contributed by atoms with E-state index in [0.717, 1.165) is 11.3 Å². The molecule has 1 heterocycles. The minimum absolute atomic E-state index is 0.244. The first-order valence-electron chi connectivity index (χ1n) is 7.13. The van der Waals surface area contributed by atoms with Gasteiger partial charge in [0.2, 0.25) is 0 Å². The van der Waals surface area contributed by atoms with Gasteiger partial charge in [-0.2, -0.15) is 0 Å². The van der Waals surface area contributed by atoms with Gasteiger partial charge >= 0.3 is 5.97 Å². The lowest BCUT2D eigenvalue weighted by Crippen LogP contribution is -2.43. The molecule has 1 aliphatic rings. The fourth-order valence-corrected chi connectivity index (χ4v) is 2.42. The van der Waals surface area contributed by atoms with Crippen molar-refractivity contribution in [3.63, 3.8) is 0 Å². The molecule has 0 unspecified atom stereocenters. The van der Waals surface area contributed by atoms with E-state index in [1.54, 1.807) is 18.2 Å². The molecule has 22 heavy (non-hydrogen) atoms. The van der Waals surface area contributed by atoms with Crippen molar-refractivity contribution in [2.75, 3.05) is 13.2 Å². The molecule has 1 aromatic carbocycles. The van der Waals surface area contributed by atoms with Gasteiger partial charge < -0.3 is 14.8 Å². The number of fused-ring (bicyclic) bond motifs is 1. The number of rotatable bonds is 3. The van der Waals surface area contributed by atoms with E-state index in [2.05, 4.69) is 5.32 Å². The monoisotopic (exact) mass is 325 g/mol. The van der Waals surface area contributed by atoms with Gasteiger partial charge in [-0.3, -0.25) is 9.59 Å². The molecule has 0 fully saturated rings. The summed E-state index contributed by atoms with van der Waals surface area (Å²) in [5.74, 6) is -0.442. The van der Waals surface area contributed by atoms with Crippen molar-refractivity contribution < 1.29 is 19.1 Å². The van der Waals surface area contributed by atoms with Crippen LogP contribution in [-0.4, -0.2) is 30.6 Å². The second-order valence-corrected chi connectivity index (χ2v) is 6.81. The van der Waals surface area contributed by atoms with Crippen LogP contribution in [0.2, 0.25) is 5.02 Å². The lowest BCUT2D eigenvalue weighted by atomic mass is 9.97. The Hall–Kier alpha value is -1.75. The van der Waals surface area contributed by atoms with Crippen LogP contribution in [0.5, 0.6) is 5.75 Å². The van der Waals surface area contributed by atoms with E-state index in [0.29, 0.717) is 11.4 Å². The lowest BCUT2D eigenvalue weighted by molar-refractivity contribution is -0.154. The Morgan fingerprint density at radius 2 is 2.14 bits per heavy atom. The zero-order valence-corrected chi connectivity index (χ0v) is 13.7. The Morgan fingerprint density at radius 1 is 1.41 bits per heavy atom. The maximum Gasteiger partial charge on any atom is 0.313 e. The van der Waals surface area contributed by atoms with Gasteiger partial charge in [0.1, 0.15) is 12.4 Å². The summed E-state index contributed by atoms with van der Waals surface area (Å²) in [4.78, 5) is 23.7. The minimum Gasteiger partial charge on any atom is -0.492 e. The van der Waals surface area contributed by atoms with Crippen molar-refractivity contribution in [3.05, 3.63) is 28.8 Å². The fraction of sp³-hybridized carbons (Fsp3) is 0.500. The number of esters is 1. The van der Waals surface area contributed by atoms with Gasteiger partial charge in [0, 0.05) is 10.6 Å². The quantitative estimate of drug-likeness (QED) is 0.866. The molecule has 5 nitrogen and oxygen atoms in total. The van der Waals surface area contributed by atoms with E-state index in [1.807, 2.05) is 20.8 Å². The van der Waals surface area contributed by atoms with E-state index < -0.39 is 11.9 Å². The highest BCUT2D eigenvalue weighted by Crippen LogP contribution is 2.30. The molecule has 0 aromatic heterocycles. The third kappa shape index (κ3) is 4.63. The maximum absolute atomic E-state index is 12.0. The first-order chi connectivity index (χ1) is 10.2. The highest BCUT2D eigenvalue weighted by molar-refractivity contribution is 6.30. The Morgan fingerprint density at radius 3 is 2.82 bits per heavy atom. The molecule has 0 aliphatic carbocycles. The van der Waals surface area contributed by atoms with Crippen molar-refractivity contribution >= 4 is 23.5 Å². The van der Waals surface area contributed by atoms with Crippen molar-refractivity contribution in [1.29, 1.82) is 0 Å². The highest BCUT2D eigenvalue weighted by atomic mass is 35.5. The average molecular weight is 326 g/mol. The summed E-state index contributed by atoms with van der Waals surface area (Å²) >= 11 is 5.94. The van der Waals surface area contributed by atoms with Gasteiger partial charge in [0.05, 0.1) is 5.92 Å². The van der Waals surface area contributed by atoms with Crippen molar-refractivity contribution in [1.82, 2.24) is 5.32 Å². The predicted octanol–water partition coefficient (Wildman–Crippen LogP) is 2.35. The van der Waals surface area contributed by atoms with Crippen molar-refractivity contribution in [2.24, 2.45) is 5.92 Å². The average Bonchev–Trinajstić information content (AvgIpc) is 2.42. The van der Waals surface area contributed by atoms with Crippen LogP contribution in [0.1, 0.15) is 26.3 Å². The van der Waals surface area contributed by atoms with Crippen molar-refractivity contribution in [2.45, 2.75) is 32.7 Å². The van der Waals surface area contributed by atoms with E-state index >= 15 is 0 Å². The lowest BCUT2D eigenvalue weighted by Gasteiger charge is -2.24. The van der Waals surface area contributed by atoms with Crippen LogP contribution >= 0.6 is 11.6 Å². The van der Waals surface area contributed by atoms with Crippen LogP contribution in [-0.2, 0) is 20.7 Å². The van der Waals surface area contributed by atoms with E-state index in [9.17, 15) is 9.59 Å². The highest BCUT2D eigenvalue weighted by Gasteiger charge is 2.28. The molecule has 0 bridgehead atoms. The topological polar surface area (TPSA) is 64.6 Å². The van der Waals surface area contributed by atoms with Gasteiger partial charge in [0.15, 0.2) is 6.61 Å². The predicted molar refractivity (Wildman–Crippen MR) is 83.0 cm³/mol. The first-order valence-corrected chi connectivity index (χ1v) is 7.51. The molecule has 1 amide bonds. The Balaban J connectivity index is 1.88. The number of carbonyl (C=O) groups excluding carboxylic acids is 2. The summed E-state index contributed by atoms with van der Waals surface area (Å²) in [6.07, 6.45) is 0.496. The van der Waals surface area contributed by atoms with E-state index in [-0.39, 0.29) is 24.7 Å². The number of amides is 1. The normalized spacial score (nSPS) is 17.2. The summed E-state index contributed by atoms with van der Waals surface area (Å²) in [7, 11) is 0. The Bertz CT molecular complexity index is 580. The van der Waals surface area contributed by atoms with Crippen LogP contribution in [0.15, 0.2) is 18.2 Å². The minimum atomic E-state index is -0.435. The number of carbonyl (C=O) groups is 2. The second-order valence-electron chi connectivity index (χ2n) is 6.37. The van der Waals surface area contributed by atoms with E-state index in [4.69, 9.17) is 21.1 Å². The number of halogens is 1. The Labute approximate surface area is 134 Å². The molecule has 1 atom stereocenters. The van der Waals surface area contributed by atoms with Crippen LogP contribution < -0.4 is 10.1 Å². The number of hydrogen-bond donors (Lipinski definition) is 1. The second kappa shape index (κ2) is 6.57.